The summed E-state index contributed by atoms with van der Waals surface area (Å²) in [5, 5.41) is 13.8. The summed E-state index contributed by atoms with van der Waals surface area (Å²) in [4.78, 5) is 25.4. The largest absolute Gasteiger partial charge is 0.756 e. The van der Waals surface area contributed by atoms with Gasteiger partial charge in [-0.3, -0.25) is 9.36 Å². The molecule has 0 fully saturated rings. The second-order valence-electron chi connectivity index (χ2n) is 18.1. The van der Waals surface area contributed by atoms with Gasteiger partial charge in [0.2, 0.25) is 5.91 Å². The number of nitrogens with zero attached hydrogens (tertiary/aromatic N) is 1. The number of phosphoric acid groups is 1. The smallest absolute Gasteiger partial charge is 0.268 e. The zero-order valence-corrected chi connectivity index (χ0v) is 44.4. The molecule has 3 atom stereocenters. The molecule has 0 spiro atoms. The second-order valence-corrected chi connectivity index (χ2v) is 19.5. The van der Waals surface area contributed by atoms with Crippen LogP contribution >= 0.6 is 7.82 Å². The number of carbonyl (C=O) groups excluding carboxylic acids is 1. The highest BCUT2D eigenvalue weighted by molar-refractivity contribution is 7.45. The van der Waals surface area contributed by atoms with Crippen LogP contribution in [0.5, 0.6) is 0 Å². The van der Waals surface area contributed by atoms with E-state index in [0.29, 0.717) is 23.9 Å². The molecule has 68 heavy (non-hydrogen) atoms. The van der Waals surface area contributed by atoms with Crippen LogP contribution in [0, 0.1) is 0 Å². The molecule has 0 bridgehead atoms. The van der Waals surface area contributed by atoms with E-state index in [1.807, 2.05) is 27.2 Å². The van der Waals surface area contributed by atoms with Crippen LogP contribution in [0.15, 0.2) is 146 Å². The number of hydrogen-bond donors (Lipinski definition) is 2. The van der Waals surface area contributed by atoms with Crippen LogP contribution in [0.3, 0.4) is 0 Å². The number of allylic oxidation sites excluding steroid dienone is 23. The van der Waals surface area contributed by atoms with Gasteiger partial charge >= 0.3 is 0 Å². The number of aliphatic hydroxyl groups is 1. The number of amides is 1. The number of aliphatic hydroxyl groups excluding tert-OH is 1. The molecule has 0 aromatic carbocycles. The van der Waals surface area contributed by atoms with Gasteiger partial charge < -0.3 is 28.8 Å². The van der Waals surface area contributed by atoms with Crippen molar-refractivity contribution in [3.63, 3.8) is 0 Å². The molecule has 3 unspecified atom stereocenters. The van der Waals surface area contributed by atoms with Gasteiger partial charge in [0.15, 0.2) is 0 Å². The Bertz CT molecular complexity index is 1610. The molecule has 0 saturated carbocycles. The normalized spacial score (nSPS) is 15.2. The quantitative estimate of drug-likeness (QED) is 0.0272. The number of likely N-dealkylation sites (N-methyl/N-ethyl adjacent to an activating group) is 1. The lowest BCUT2D eigenvalue weighted by atomic mass is 10.1. The predicted octanol–water partition coefficient (Wildman–Crippen LogP) is 15.1. The predicted molar refractivity (Wildman–Crippen MR) is 292 cm³/mol. The third-order valence-corrected chi connectivity index (χ3v) is 11.5. The van der Waals surface area contributed by atoms with Gasteiger partial charge in [-0.25, -0.2) is 0 Å². The van der Waals surface area contributed by atoms with E-state index in [2.05, 4.69) is 153 Å². The minimum absolute atomic E-state index is 0.0248. The molecule has 0 rings (SSSR count). The van der Waals surface area contributed by atoms with Gasteiger partial charge in [0.1, 0.15) is 13.2 Å². The molecule has 0 aromatic rings. The number of carbonyl (C=O) groups is 1. The first-order valence-corrected chi connectivity index (χ1v) is 27.7. The molecule has 1 amide bonds. The van der Waals surface area contributed by atoms with E-state index in [0.717, 1.165) is 103 Å². The Morgan fingerprint density at radius 1 is 0.529 bits per heavy atom. The lowest BCUT2D eigenvalue weighted by molar-refractivity contribution is -0.870. The van der Waals surface area contributed by atoms with Crippen LogP contribution < -0.4 is 10.2 Å². The van der Waals surface area contributed by atoms with Gasteiger partial charge in [-0.05, 0) is 116 Å². The summed E-state index contributed by atoms with van der Waals surface area (Å²) in [5.74, 6) is -0.252. The maximum Gasteiger partial charge on any atom is 0.268 e. The fourth-order valence-corrected chi connectivity index (χ4v) is 7.13. The van der Waals surface area contributed by atoms with E-state index in [1.165, 1.54) is 32.1 Å². The number of quaternary nitrogens is 1. The molecule has 0 radical (unpaired) electrons. The van der Waals surface area contributed by atoms with Gasteiger partial charge in [0.05, 0.1) is 39.9 Å². The van der Waals surface area contributed by atoms with E-state index in [1.54, 1.807) is 6.08 Å². The topological polar surface area (TPSA) is 108 Å². The summed E-state index contributed by atoms with van der Waals surface area (Å²) in [6, 6.07) is -0.939. The lowest BCUT2D eigenvalue weighted by Gasteiger charge is -2.29. The molecule has 0 saturated heterocycles. The van der Waals surface area contributed by atoms with Gasteiger partial charge in [-0.1, -0.05) is 192 Å². The number of phosphoric ester groups is 1. The maximum atomic E-state index is 12.9. The highest BCUT2D eigenvalue weighted by Crippen LogP contribution is 2.38. The van der Waals surface area contributed by atoms with E-state index in [9.17, 15) is 19.4 Å². The monoisotopic (exact) mass is 961 g/mol. The van der Waals surface area contributed by atoms with Gasteiger partial charge in [0, 0.05) is 6.42 Å². The Morgan fingerprint density at radius 2 is 0.912 bits per heavy atom. The first-order chi connectivity index (χ1) is 33.0. The zero-order valence-electron chi connectivity index (χ0n) is 43.5. The molecule has 9 heteroatoms. The molecule has 0 aromatic heterocycles. The third kappa shape index (κ3) is 50.3. The number of hydrogen-bond acceptors (Lipinski definition) is 6. The van der Waals surface area contributed by atoms with Crippen LogP contribution in [0.25, 0.3) is 0 Å². The highest BCUT2D eigenvalue weighted by Gasteiger charge is 2.23. The lowest BCUT2D eigenvalue weighted by Crippen LogP contribution is -2.45. The first kappa shape index (κ1) is 64.4. The molecular weight excluding hydrogens is 864 g/mol. The van der Waals surface area contributed by atoms with Crippen molar-refractivity contribution in [2.24, 2.45) is 0 Å². The van der Waals surface area contributed by atoms with Crippen molar-refractivity contribution in [2.75, 3.05) is 40.9 Å². The third-order valence-electron chi connectivity index (χ3n) is 10.5. The number of unbranched alkanes of at least 4 members (excludes halogenated alkanes) is 10. The summed E-state index contributed by atoms with van der Waals surface area (Å²) >= 11 is 0. The average molecular weight is 961 g/mol. The van der Waals surface area contributed by atoms with Gasteiger partial charge in [0.25, 0.3) is 7.82 Å². The van der Waals surface area contributed by atoms with E-state index in [4.69, 9.17) is 9.05 Å². The summed E-state index contributed by atoms with van der Waals surface area (Å²) in [7, 11) is 1.18. The molecule has 0 aliphatic heterocycles. The summed E-state index contributed by atoms with van der Waals surface area (Å²) in [6.45, 7) is 4.43. The minimum Gasteiger partial charge on any atom is -0.756 e. The molecular formula is C59H97N2O6P. The van der Waals surface area contributed by atoms with Gasteiger partial charge in [-0.2, -0.15) is 0 Å². The molecule has 0 aliphatic carbocycles. The van der Waals surface area contributed by atoms with Crippen molar-refractivity contribution >= 4 is 13.7 Å². The van der Waals surface area contributed by atoms with Crippen LogP contribution in [0.2, 0.25) is 0 Å². The van der Waals surface area contributed by atoms with Crippen LogP contribution in [0.4, 0.5) is 0 Å². The Balaban J connectivity index is 4.41. The fourth-order valence-electron chi connectivity index (χ4n) is 6.41. The molecule has 384 valence electrons. The average Bonchev–Trinajstić information content (AvgIpc) is 3.30. The van der Waals surface area contributed by atoms with E-state index < -0.39 is 26.6 Å². The van der Waals surface area contributed by atoms with E-state index >= 15 is 0 Å². The first-order valence-electron chi connectivity index (χ1n) is 26.2. The van der Waals surface area contributed by atoms with Crippen molar-refractivity contribution in [2.45, 2.75) is 180 Å². The summed E-state index contributed by atoms with van der Waals surface area (Å²) < 4.78 is 23.2. The SMILES string of the molecule is CC/C=C\C/C=C\C/C=C\C/C=C\C/C=C\C/C=C\C/C=C\C/C=C\C/C=C\CCCCCC(=O)NC(COP(=O)([O-])OCC[N+](C)(C)C)C(O)/C=C/CC/C=C/CC/C=C/CCCCCCC. The molecule has 2 N–H and O–H groups in total. The standard InChI is InChI=1S/C59H97N2O6P/c1-6-8-10-12-14-16-18-20-22-23-24-25-26-27-28-29-30-31-32-33-34-35-36-37-39-41-43-45-47-49-51-53-59(63)60-57(56-67-68(64,65)66-55-54-61(3,4)5)58(62)52-50-48-46-44-42-40-38-21-19-17-15-13-11-9-7-2/h8,10,14,16,19-22,24-25,27-28,30-31,33-34,36-37,41-44,50,52,57-58,62H,6-7,9,11-13,15,17-18,23,26,29,32,35,38-40,45-49,51,53-56H2,1-5H3,(H-,60,63,64,65)/b10-8-,16-14-,21-19+,22-20-,25-24-,28-27-,31-30-,34-33-,37-36-,43-41-,44-42+,52-50+. The number of nitrogens with one attached hydrogen (secondary N) is 1. The van der Waals surface area contributed by atoms with Crippen molar-refractivity contribution in [1.82, 2.24) is 5.32 Å². The minimum atomic E-state index is -4.63. The van der Waals surface area contributed by atoms with Crippen LogP contribution in [-0.4, -0.2) is 68.5 Å². The molecule has 0 aliphatic rings. The Morgan fingerprint density at radius 3 is 1.35 bits per heavy atom. The molecule has 0 heterocycles. The molecule has 8 nitrogen and oxygen atoms in total. The number of rotatable bonds is 45. The Kier molecular flexibility index (Phi) is 45.8. The summed E-state index contributed by atoms with van der Waals surface area (Å²) in [6.07, 6.45) is 74.8. The Labute approximate surface area is 417 Å². The maximum absolute atomic E-state index is 12.9. The summed E-state index contributed by atoms with van der Waals surface area (Å²) in [5.41, 5.74) is 0. The Hall–Kier alpha value is -3.62. The van der Waals surface area contributed by atoms with Gasteiger partial charge in [-0.15, -0.1) is 0 Å². The van der Waals surface area contributed by atoms with Crippen LogP contribution in [-0.2, 0) is 18.4 Å². The van der Waals surface area contributed by atoms with Crippen molar-refractivity contribution in [1.29, 1.82) is 0 Å². The zero-order chi connectivity index (χ0) is 49.9. The van der Waals surface area contributed by atoms with Crippen molar-refractivity contribution in [3.8, 4) is 0 Å². The highest BCUT2D eigenvalue weighted by atomic mass is 31.2. The van der Waals surface area contributed by atoms with Crippen molar-refractivity contribution in [3.05, 3.63) is 146 Å². The fraction of sp³-hybridized carbons (Fsp3) is 0.576. The second kappa shape index (κ2) is 48.4. The van der Waals surface area contributed by atoms with Crippen LogP contribution in [0.1, 0.15) is 168 Å². The van der Waals surface area contributed by atoms with Crippen molar-refractivity contribution < 1.29 is 32.9 Å². The van der Waals surface area contributed by atoms with E-state index in [-0.39, 0.29) is 18.9 Å².